The first kappa shape index (κ1) is 14.0. The minimum Gasteiger partial charge on any atom is -0.279 e. The molecule has 0 bridgehead atoms. The van der Waals surface area contributed by atoms with E-state index in [0.29, 0.717) is 5.69 Å². The summed E-state index contributed by atoms with van der Waals surface area (Å²) in [7, 11) is -3.61. The minimum atomic E-state index is -3.61. The van der Waals surface area contributed by atoms with E-state index in [2.05, 4.69) is 25.6 Å². The van der Waals surface area contributed by atoms with Gasteiger partial charge in [0, 0.05) is 27.6 Å². The van der Waals surface area contributed by atoms with Crippen LogP contribution < -0.4 is 4.72 Å². The lowest BCUT2D eigenvalue weighted by atomic mass is 10.1. The summed E-state index contributed by atoms with van der Waals surface area (Å²) in [5.41, 5.74) is 0.540. The highest BCUT2D eigenvalue weighted by Gasteiger charge is 2.15. The van der Waals surface area contributed by atoms with Crippen molar-refractivity contribution >= 4 is 42.4 Å². The molecule has 0 fully saturated rings. The topological polar surface area (TPSA) is 59.1 Å². The van der Waals surface area contributed by atoms with Gasteiger partial charge in [-0.2, -0.15) is 0 Å². The Morgan fingerprint density at radius 2 is 1.76 bits per heavy atom. The number of nitrogens with one attached hydrogen (secondary N) is 1. The van der Waals surface area contributed by atoms with E-state index >= 15 is 0 Å². The monoisotopic (exact) mass is 362 g/mol. The Labute approximate surface area is 131 Å². The summed E-state index contributed by atoms with van der Waals surface area (Å²) in [5, 5.41) is 1.70. The van der Waals surface area contributed by atoms with Crippen LogP contribution in [0.4, 0.5) is 5.69 Å². The number of fused-ring (bicyclic) bond motifs is 1. The molecule has 0 unspecified atom stereocenters. The van der Waals surface area contributed by atoms with Crippen molar-refractivity contribution < 1.29 is 8.42 Å². The quantitative estimate of drug-likeness (QED) is 0.770. The standard InChI is InChI=1S/C15H11BrN2O2S/c16-12-4-6-13(7-5-12)21(19,20)18-15-3-1-2-11-10-17-9-8-14(11)15/h1-10,18H. The van der Waals surface area contributed by atoms with Crippen molar-refractivity contribution in [2.75, 3.05) is 4.72 Å². The first-order chi connectivity index (χ1) is 10.1. The summed E-state index contributed by atoms with van der Waals surface area (Å²) in [6, 6.07) is 13.7. The van der Waals surface area contributed by atoms with Crippen LogP contribution in [0.1, 0.15) is 0 Å². The van der Waals surface area contributed by atoms with Gasteiger partial charge in [-0.15, -0.1) is 0 Å². The van der Waals surface area contributed by atoms with Crippen molar-refractivity contribution in [3.05, 3.63) is 65.4 Å². The third-order valence-electron chi connectivity index (χ3n) is 3.05. The molecule has 0 amide bonds. The van der Waals surface area contributed by atoms with Gasteiger partial charge in [0.25, 0.3) is 10.0 Å². The van der Waals surface area contributed by atoms with E-state index in [1.54, 1.807) is 54.9 Å². The van der Waals surface area contributed by atoms with E-state index in [0.717, 1.165) is 15.2 Å². The maximum absolute atomic E-state index is 12.4. The SMILES string of the molecule is O=S(=O)(Nc1cccc2cnccc12)c1ccc(Br)cc1. The van der Waals surface area contributed by atoms with Crippen molar-refractivity contribution in [1.29, 1.82) is 0 Å². The highest BCUT2D eigenvalue weighted by atomic mass is 79.9. The van der Waals surface area contributed by atoms with Crippen LogP contribution in [0.2, 0.25) is 0 Å². The van der Waals surface area contributed by atoms with E-state index in [1.807, 2.05) is 6.07 Å². The van der Waals surface area contributed by atoms with Crippen LogP contribution in [0, 0.1) is 0 Å². The zero-order valence-electron chi connectivity index (χ0n) is 10.8. The average Bonchev–Trinajstić information content (AvgIpc) is 2.48. The Morgan fingerprint density at radius 1 is 1.00 bits per heavy atom. The Kier molecular flexibility index (Phi) is 3.65. The van der Waals surface area contributed by atoms with E-state index in [1.165, 1.54) is 0 Å². The van der Waals surface area contributed by atoms with E-state index in [-0.39, 0.29) is 4.90 Å². The van der Waals surface area contributed by atoms with Gasteiger partial charge in [-0.3, -0.25) is 9.71 Å². The number of hydrogen-bond donors (Lipinski definition) is 1. The van der Waals surface area contributed by atoms with Gasteiger partial charge in [-0.05, 0) is 36.4 Å². The maximum Gasteiger partial charge on any atom is 0.261 e. The van der Waals surface area contributed by atoms with Gasteiger partial charge < -0.3 is 0 Å². The highest BCUT2D eigenvalue weighted by molar-refractivity contribution is 9.10. The van der Waals surface area contributed by atoms with Crippen LogP contribution in [-0.2, 0) is 10.0 Å². The van der Waals surface area contributed by atoms with Gasteiger partial charge in [0.05, 0.1) is 10.6 Å². The molecule has 21 heavy (non-hydrogen) atoms. The second kappa shape index (κ2) is 5.46. The number of anilines is 1. The zero-order valence-corrected chi connectivity index (χ0v) is 13.2. The summed E-state index contributed by atoms with van der Waals surface area (Å²) in [6.07, 6.45) is 3.34. The summed E-state index contributed by atoms with van der Waals surface area (Å²) in [4.78, 5) is 4.26. The van der Waals surface area contributed by atoms with Crippen molar-refractivity contribution in [1.82, 2.24) is 4.98 Å². The number of hydrogen-bond acceptors (Lipinski definition) is 3. The Morgan fingerprint density at radius 3 is 2.52 bits per heavy atom. The second-order valence-corrected chi connectivity index (χ2v) is 7.06. The lowest BCUT2D eigenvalue weighted by Gasteiger charge is -2.10. The molecule has 0 atom stereocenters. The van der Waals surface area contributed by atoms with Gasteiger partial charge in [0.15, 0.2) is 0 Å². The number of halogens is 1. The lowest BCUT2D eigenvalue weighted by molar-refractivity contribution is 0.601. The molecule has 1 heterocycles. The van der Waals surface area contributed by atoms with Gasteiger partial charge in [0.2, 0.25) is 0 Å². The molecule has 3 rings (SSSR count). The normalized spacial score (nSPS) is 11.5. The summed E-state index contributed by atoms with van der Waals surface area (Å²) < 4.78 is 28.3. The van der Waals surface area contributed by atoms with Crippen LogP contribution in [0.15, 0.2) is 70.3 Å². The van der Waals surface area contributed by atoms with Crippen LogP contribution in [-0.4, -0.2) is 13.4 Å². The molecule has 3 aromatic rings. The second-order valence-electron chi connectivity index (χ2n) is 4.46. The third kappa shape index (κ3) is 2.91. The van der Waals surface area contributed by atoms with Crippen LogP contribution in [0.3, 0.4) is 0 Å². The smallest absolute Gasteiger partial charge is 0.261 e. The van der Waals surface area contributed by atoms with Crippen molar-refractivity contribution in [2.24, 2.45) is 0 Å². The number of nitrogens with zero attached hydrogens (tertiary/aromatic N) is 1. The van der Waals surface area contributed by atoms with Crippen LogP contribution >= 0.6 is 15.9 Å². The molecule has 1 N–H and O–H groups in total. The molecule has 1 aromatic heterocycles. The number of sulfonamides is 1. The number of pyridine rings is 1. The summed E-state index contributed by atoms with van der Waals surface area (Å²) in [5.74, 6) is 0. The molecule has 0 aliphatic heterocycles. The Bertz CT molecular complexity index is 888. The molecular weight excluding hydrogens is 352 g/mol. The molecule has 0 saturated carbocycles. The van der Waals surface area contributed by atoms with Crippen molar-refractivity contribution in [3.63, 3.8) is 0 Å². The lowest BCUT2D eigenvalue weighted by Crippen LogP contribution is -2.13. The fourth-order valence-electron chi connectivity index (χ4n) is 2.03. The molecule has 0 aliphatic carbocycles. The molecule has 0 spiro atoms. The molecule has 4 nitrogen and oxygen atoms in total. The fourth-order valence-corrected chi connectivity index (χ4v) is 3.37. The number of rotatable bonds is 3. The van der Waals surface area contributed by atoms with E-state index < -0.39 is 10.0 Å². The molecular formula is C15H11BrN2O2S. The zero-order chi connectivity index (χ0) is 14.9. The summed E-state index contributed by atoms with van der Waals surface area (Å²) in [6.45, 7) is 0. The molecule has 0 aliphatic rings. The van der Waals surface area contributed by atoms with Gasteiger partial charge in [0.1, 0.15) is 0 Å². The molecule has 0 saturated heterocycles. The van der Waals surface area contributed by atoms with Crippen molar-refractivity contribution in [2.45, 2.75) is 4.90 Å². The van der Waals surface area contributed by atoms with Crippen molar-refractivity contribution in [3.8, 4) is 0 Å². The minimum absolute atomic E-state index is 0.219. The number of benzene rings is 2. The number of aromatic nitrogens is 1. The van der Waals surface area contributed by atoms with Gasteiger partial charge in [-0.1, -0.05) is 28.1 Å². The molecule has 0 radical (unpaired) electrons. The Balaban J connectivity index is 2.03. The average molecular weight is 363 g/mol. The predicted octanol–water partition coefficient (Wildman–Crippen LogP) is 3.80. The van der Waals surface area contributed by atoms with E-state index in [4.69, 9.17) is 0 Å². The van der Waals surface area contributed by atoms with Gasteiger partial charge in [-0.25, -0.2) is 8.42 Å². The highest BCUT2D eigenvalue weighted by Crippen LogP contribution is 2.25. The third-order valence-corrected chi connectivity index (χ3v) is 4.96. The Hall–Kier alpha value is -1.92. The molecule has 106 valence electrons. The van der Waals surface area contributed by atoms with E-state index in [9.17, 15) is 8.42 Å². The fraction of sp³-hybridized carbons (Fsp3) is 0. The first-order valence-electron chi connectivity index (χ1n) is 6.17. The molecule has 2 aromatic carbocycles. The van der Waals surface area contributed by atoms with Crippen LogP contribution in [0.25, 0.3) is 10.8 Å². The maximum atomic E-state index is 12.4. The summed E-state index contributed by atoms with van der Waals surface area (Å²) >= 11 is 3.29. The van der Waals surface area contributed by atoms with Gasteiger partial charge >= 0.3 is 0 Å². The predicted molar refractivity (Wildman–Crippen MR) is 86.7 cm³/mol. The largest absolute Gasteiger partial charge is 0.279 e. The first-order valence-corrected chi connectivity index (χ1v) is 8.45. The molecule has 6 heteroatoms. The van der Waals surface area contributed by atoms with Crippen LogP contribution in [0.5, 0.6) is 0 Å².